The summed E-state index contributed by atoms with van der Waals surface area (Å²) in [6.45, 7) is 41.5. The molecule has 0 atom stereocenters. The van der Waals surface area contributed by atoms with E-state index in [1.54, 1.807) is 0 Å². The number of hydrogen-bond donors (Lipinski definition) is 0. The minimum Gasteiger partial charge on any atom is -0.311 e. The van der Waals surface area contributed by atoms with Gasteiger partial charge in [0.15, 0.2) is 0 Å². The summed E-state index contributed by atoms with van der Waals surface area (Å²) in [5.41, 5.74) is 34.1. The van der Waals surface area contributed by atoms with Crippen LogP contribution < -0.4 is 30.4 Å². The fourth-order valence-electron chi connectivity index (χ4n) is 18.8. The van der Waals surface area contributed by atoms with Crippen molar-refractivity contribution < 1.29 is 0 Å². The average molecular weight is 1300 g/mol. The van der Waals surface area contributed by atoms with Crippen LogP contribution in [0.15, 0.2) is 200 Å². The van der Waals surface area contributed by atoms with Crippen molar-refractivity contribution in [2.75, 3.05) is 14.7 Å². The predicted octanol–water partition coefficient (Wildman–Crippen LogP) is 24.4. The van der Waals surface area contributed by atoms with Crippen molar-refractivity contribution in [2.24, 2.45) is 0 Å². The van der Waals surface area contributed by atoms with Gasteiger partial charge in [-0.2, -0.15) is 0 Å². The Morgan fingerprint density at radius 1 is 0.378 bits per heavy atom. The zero-order chi connectivity index (χ0) is 68.3. The van der Waals surface area contributed by atoms with E-state index in [0.717, 1.165) is 42.7 Å². The maximum atomic E-state index is 2.79. The fourth-order valence-corrected chi connectivity index (χ4v) is 20.1. The summed E-state index contributed by atoms with van der Waals surface area (Å²) in [7, 11) is 0. The number of para-hydroxylation sites is 1. The number of anilines is 9. The molecule has 4 aliphatic carbocycles. The van der Waals surface area contributed by atoms with E-state index in [4.69, 9.17) is 0 Å². The van der Waals surface area contributed by atoms with E-state index >= 15 is 0 Å². The molecule has 0 amide bonds. The number of nitrogens with zero attached hydrogens (tertiary/aromatic N) is 3. The van der Waals surface area contributed by atoms with Gasteiger partial charge >= 0.3 is 0 Å². The molecule has 0 saturated heterocycles. The number of thiophene rings is 1. The number of fused-ring (bicyclic) bond motifs is 12. The summed E-state index contributed by atoms with van der Waals surface area (Å²) in [6.07, 6.45) is 6.92. The molecule has 10 aromatic carbocycles. The molecule has 17 rings (SSSR count). The minimum absolute atomic E-state index is 0.00775. The zero-order valence-electron chi connectivity index (χ0n) is 61.1. The first-order valence-electron chi connectivity index (χ1n) is 36.6. The number of rotatable bonds is 7. The van der Waals surface area contributed by atoms with Crippen LogP contribution in [0.4, 0.5) is 51.2 Å². The maximum absolute atomic E-state index is 2.79. The SMILES string of the molecule is CC(C)(C)c1ccc(N(c2ccc3c(c2)N(c2ccc4c(c2)C(C)(C)CCC4(C)C)c2cc(-c4ccc5c(c4)C(C)(C)CCC5(C)C)cc4c2B3c2sc3cc5c(cc3c2N4c2ccc3c(c2)C(C)(C)CCC3(C)C)-c2ccccc2C5(C)C)c2ccccc2-c2ccccc2)cc1. The molecular weight excluding hydrogens is 1200 g/mol. The highest BCUT2D eigenvalue weighted by molar-refractivity contribution is 7.33. The van der Waals surface area contributed by atoms with Gasteiger partial charge in [-0.15, -0.1) is 11.3 Å². The van der Waals surface area contributed by atoms with Crippen molar-refractivity contribution >= 4 is 95.0 Å². The van der Waals surface area contributed by atoms with Gasteiger partial charge in [0.05, 0.1) is 11.4 Å². The molecule has 0 radical (unpaired) electrons. The smallest absolute Gasteiger partial charge is 0.264 e. The van der Waals surface area contributed by atoms with Crippen molar-refractivity contribution in [1.29, 1.82) is 0 Å². The summed E-state index contributed by atoms with van der Waals surface area (Å²) in [5, 5.41) is 1.33. The topological polar surface area (TPSA) is 9.72 Å². The highest BCUT2D eigenvalue weighted by Crippen LogP contribution is 2.58. The first-order valence-corrected chi connectivity index (χ1v) is 37.4. The third-order valence-electron chi connectivity index (χ3n) is 25.2. The average Bonchev–Trinajstić information content (AvgIpc) is 1.35. The van der Waals surface area contributed by atoms with E-state index in [2.05, 4.69) is 333 Å². The van der Waals surface area contributed by atoms with Gasteiger partial charge in [0, 0.05) is 65.7 Å². The Hall–Kier alpha value is -8.38. The monoisotopic (exact) mass is 1300 g/mol. The third kappa shape index (κ3) is 9.53. The Morgan fingerprint density at radius 3 is 1.49 bits per heavy atom. The van der Waals surface area contributed by atoms with Gasteiger partial charge in [-0.3, -0.25) is 0 Å². The second kappa shape index (κ2) is 21.3. The lowest BCUT2D eigenvalue weighted by atomic mass is 9.36. The highest BCUT2D eigenvalue weighted by Gasteiger charge is 2.49. The molecule has 98 heavy (non-hydrogen) atoms. The van der Waals surface area contributed by atoms with Crippen LogP contribution in [0.1, 0.15) is 206 Å². The van der Waals surface area contributed by atoms with Gasteiger partial charge in [0.1, 0.15) is 0 Å². The van der Waals surface area contributed by atoms with Crippen LogP contribution in [0.3, 0.4) is 0 Å². The molecule has 0 unspecified atom stereocenters. The van der Waals surface area contributed by atoms with Gasteiger partial charge in [-0.05, 0) is 244 Å². The van der Waals surface area contributed by atoms with E-state index in [-0.39, 0.29) is 50.0 Å². The normalized spacial score (nSPS) is 18.7. The molecule has 492 valence electrons. The lowest BCUT2D eigenvalue weighted by molar-refractivity contribution is 0.332. The van der Waals surface area contributed by atoms with Gasteiger partial charge in [0.25, 0.3) is 6.71 Å². The standard InChI is InChI=1S/C93H96BN3S/c1-86(2,3)60-32-34-61(35-33-60)95(78-30-24-22-27-65(78)57-25-19-18-20-26-57)64-38-42-77-79(54-64)96(62-36-40-71-75(52-62)91(12,13)47-44-88(71,6)7)80-50-59(58-31-39-70-74(49-58)90(10,11)46-43-87(70,4)5)51-81-83(80)94(77)85-84(97(81)63-37-41-72-76(53-63)92(14,15)48-45-89(72,8)9)68-55-67-66-28-21-23-29-69(66)93(16,17)73(67)56-82(68)98-85/h18-42,49-56H,43-48H2,1-17H3. The molecule has 1 aromatic heterocycles. The molecule has 2 aliphatic heterocycles. The minimum atomic E-state index is -0.157. The molecule has 5 heteroatoms. The Kier molecular flexibility index (Phi) is 13.7. The molecule has 0 N–H and O–H groups in total. The molecule has 0 spiro atoms. The highest BCUT2D eigenvalue weighted by atomic mass is 32.1. The van der Waals surface area contributed by atoms with Crippen molar-refractivity contribution in [3.05, 3.63) is 250 Å². The van der Waals surface area contributed by atoms with Crippen LogP contribution in [0, 0.1) is 0 Å². The predicted molar refractivity (Wildman–Crippen MR) is 424 cm³/mol. The fraction of sp³-hybridized carbons (Fsp3) is 0.333. The summed E-state index contributed by atoms with van der Waals surface area (Å²) in [6, 6.07) is 79.8. The Bertz CT molecular complexity index is 5140. The van der Waals surface area contributed by atoms with E-state index in [1.165, 1.54) is 156 Å². The Labute approximate surface area is 589 Å². The lowest BCUT2D eigenvalue weighted by Crippen LogP contribution is -2.60. The zero-order valence-corrected chi connectivity index (χ0v) is 61.9. The summed E-state index contributed by atoms with van der Waals surface area (Å²) < 4.78 is 2.74. The number of benzene rings is 10. The third-order valence-corrected chi connectivity index (χ3v) is 26.4. The Balaban J connectivity index is 1.01. The summed E-state index contributed by atoms with van der Waals surface area (Å²) >= 11 is 2.04. The number of hydrogen-bond acceptors (Lipinski definition) is 4. The van der Waals surface area contributed by atoms with Crippen LogP contribution in [0.5, 0.6) is 0 Å². The molecule has 0 bridgehead atoms. The second-order valence-electron chi connectivity index (χ2n) is 35.7. The van der Waals surface area contributed by atoms with E-state index in [0.29, 0.717) is 0 Å². The second-order valence-corrected chi connectivity index (χ2v) is 36.8. The molecular formula is C93H96BN3S. The summed E-state index contributed by atoms with van der Waals surface area (Å²) in [5.74, 6) is 0. The molecule has 3 nitrogen and oxygen atoms in total. The molecule has 0 saturated carbocycles. The largest absolute Gasteiger partial charge is 0.311 e. The van der Waals surface area contributed by atoms with Crippen molar-refractivity contribution in [3.8, 4) is 33.4 Å². The molecule has 6 aliphatic rings. The molecule has 0 fully saturated rings. The van der Waals surface area contributed by atoms with Crippen LogP contribution in [0.25, 0.3) is 43.5 Å². The van der Waals surface area contributed by atoms with Gasteiger partial charge in [0.2, 0.25) is 0 Å². The Morgan fingerprint density at radius 2 is 0.888 bits per heavy atom. The first kappa shape index (κ1) is 63.1. The van der Waals surface area contributed by atoms with E-state index in [9.17, 15) is 0 Å². The van der Waals surface area contributed by atoms with Crippen LogP contribution >= 0.6 is 11.3 Å². The quantitative estimate of drug-likeness (QED) is 0.147. The van der Waals surface area contributed by atoms with Crippen LogP contribution in [0.2, 0.25) is 0 Å². The molecule has 11 aromatic rings. The van der Waals surface area contributed by atoms with Crippen LogP contribution in [-0.4, -0.2) is 6.71 Å². The van der Waals surface area contributed by atoms with Crippen molar-refractivity contribution in [3.63, 3.8) is 0 Å². The lowest BCUT2D eigenvalue weighted by Gasteiger charge is -2.46. The first-order chi connectivity index (χ1) is 46.4. The van der Waals surface area contributed by atoms with Gasteiger partial charge in [-0.1, -0.05) is 239 Å². The van der Waals surface area contributed by atoms with E-state index in [1.807, 2.05) is 11.3 Å². The molecule has 3 heterocycles. The van der Waals surface area contributed by atoms with Gasteiger partial charge in [-0.25, -0.2) is 0 Å². The van der Waals surface area contributed by atoms with E-state index < -0.39 is 0 Å². The maximum Gasteiger partial charge on any atom is 0.264 e. The van der Waals surface area contributed by atoms with Crippen molar-refractivity contribution in [1.82, 2.24) is 0 Å². The van der Waals surface area contributed by atoms with Gasteiger partial charge < -0.3 is 14.7 Å². The van der Waals surface area contributed by atoms with Crippen LogP contribution in [-0.2, 0) is 43.3 Å². The summed E-state index contributed by atoms with van der Waals surface area (Å²) in [4.78, 5) is 8.08. The van der Waals surface area contributed by atoms with Crippen molar-refractivity contribution in [2.45, 2.75) is 200 Å².